The molecule has 0 amide bonds. The fourth-order valence-corrected chi connectivity index (χ4v) is 1.40. The molecule has 3 heteroatoms. The van der Waals surface area contributed by atoms with Gasteiger partial charge in [-0.2, -0.15) is 12.6 Å². The predicted molar refractivity (Wildman–Crippen MR) is 75.2 cm³/mol. The molecule has 0 radical (unpaired) electrons. The lowest BCUT2D eigenvalue weighted by atomic mass is 10.1. The molecule has 1 rings (SSSR count). The maximum Gasteiger partial charge on any atom is 0.120 e. The third kappa shape index (κ3) is 6.38. The number of aliphatic hydroxyl groups is 1. The van der Waals surface area contributed by atoms with E-state index in [-0.39, 0.29) is 0 Å². The number of thiol groups is 1. The topological polar surface area (TPSA) is 32.3 Å². The lowest BCUT2D eigenvalue weighted by Crippen LogP contribution is -2.15. The highest BCUT2D eigenvalue weighted by atomic mass is 32.1. The highest BCUT2D eigenvalue weighted by Crippen LogP contribution is 2.04. The molecule has 0 spiro atoms. The standard InChI is InChI=1S/C14H19NOS/c1-14(2,16)8-7-12-3-5-13(6-4-12)11-15-9-10-17/h3-6,15-17H,9-11H2,1-2H3. The Bertz CT molecular complexity index is 395. The minimum Gasteiger partial charge on any atom is -0.378 e. The van der Waals surface area contributed by atoms with Crippen LogP contribution in [0.15, 0.2) is 24.3 Å². The van der Waals surface area contributed by atoms with Crippen molar-refractivity contribution in [2.24, 2.45) is 0 Å². The van der Waals surface area contributed by atoms with E-state index < -0.39 is 5.60 Å². The molecule has 0 bridgehead atoms. The zero-order valence-electron chi connectivity index (χ0n) is 10.3. The largest absolute Gasteiger partial charge is 0.378 e. The second kappa shape index (κ2) is 6.70. The van der Waals surface area contributed by atoms with Gasteiger partial charge in [0.2, 0.25) is 0 Å². The van der Waals surface area contributed by atoms with Crippen molar-refractivity contribution < 1.29 is 5.11 Å². The summed E-state index contributed by atoms with van der Waals surface area (Å²) in [6, 6.07) is 8.02. The molecule has 92 valence electrons. The summed E-state index contributed by atoms with van der Waals surface area (Å²) in [5.74, 6) is 6.58. The minimum absolute atomic E-state index is 0.842. The van der Waals surface area contributed by atoms with Crippen molar-refractivity contribution in [3.63, 3.8) is 0 Å². The average Bonchev–Trinajstić information content (AvgIpc) is 2.27. The molecular formula is C14H19NOS. The smallest absolute Gasteiger partial charge is 0.120 e. The zero-order valence-corrected chi connectivity index (χ0v) is 11.2. The highest BCUT2D eigenvalue weighted by Gasteiger charge is 2.05. The Kier molecular flexibility index (Phi) is 5.57. The average molecular weight is 249 g/mol. The van der Waals surface area contributed by atoms with E-state index in [1.807, 2.05) is 24.3 Å². The van der Waals surface area contributed by atoms with Crippen LogP contribution in [0.1, 0.15) is 25.0 Å². The van der Waals surface area contributed by atoms with Crippen molar-refractivity contribution in [2.45, 2.75) is 26.0 Å². The fraction of sp³-hybridized carbons (Fsp3) is 0.429. The summed E-state index contributed by atoms with van der Waals surface area (Å²) in [4.78, 5) is 0. The first kappa shape index (κ1) is 14.1. The van der Waals surface area contributed by atoms with Crippen molar-refractivity contribution in [2.75, 3.05) is 12.3 Å². The summed E-state index contributed by atoms with van der Waals surface area (Å²) >= 11 is 4.13. The molecule has 1 aromatic carbocycles. The summed E-state index contributed by atoms with van der Waals surface area (Å²) in [6.07, 6.45) is 0. The molecule has 0 heterocycles. The van der Waals surface area contributed by atoms with Crippen LogP contribution in [-0.2, 0) is 6.54 Å². The first-order valence-electron chi connectivity index (χ1n) is 5.67. The van der Waals surface area contributed by atoms with Crippen molar-refractivity contribution in [3.05, 3.63) is 35.4 Å². The Hall–Kier alpha value is -0.950. The molecule has 0 aliphatic carbocycles. The molecule has 2 N–H and O–H groups in total. The summed E-state index contributed by atoms with van der Waals surface area (Å²) in [6.45, 7) is 5.11. The molecule has 17 heavy (non-hydrogen) atoms. The van der Waals surface area contributed by atoms with Gasteiger partial charge in [-0.25, -0.2) is 0 Å². The Morgan fingerprint density at radius 3 is 2.47 bits per heavy atom. The lowest BCUT2D eigenvalue weighted by molar-refractivity contribution is 0.143. The van der Waals surface area contributed by atoms with Crippen LogP contribution in [0.3, 0.4) is 0 Å². The Morgan fingerprint density at radius 1 is 1.29 bits per heavy atom. The second-order valence-corrected chi connectivity index (χ2v) is 4.85. The molecule has 0 fully saturated rings. The van der Waals surface area contributed by atoms with Gasteiger partial charge in [-0.3, -0.25) is 0 Å². The van der Waals surface area contributed by atoms with E-state index in [9.17, 15) is 5.11 Å². The van der Waals surface area contributed by atoms with Gasteiger partial charge in [0.1, 0.15) is 5.60 Å². The van der Waals surface area contributed by atoms with E-state index in [1.54, 1.807) is 13.8 Å². The Morgan fingerprint density at radius 2 is 1.94 bits per heavy atom. The molecule has 1 aromatic rings. The van der Waals surface area contributed by atoms with E-state index in [0.29, 0.717) is 0 Å². The zero-order chi connectivity index (χ0) is 12.7. The van der Waals surface area contributed by atoms with Crippen LogP contribution in [0.4, 0.5) is 0 Å². The van der Waals surface area contributed by atoms with Crippen molar-refractivity contribution in [1.82, 2.24) is 5.32 Å². The Labute approximate surface area is 109 Å². The van der Waals surface area contributed by atoms with Gasteiger partial charge in [-0.15, -0.1) is 0 Å². The first-order chi connectivity index (χ1) is 8.01. The molecule has 2 nitrogen and oxygen atoms in total. The van der Waals surface area contributed by atoms with Gasteiger partial charge in [0.15, 0.2) is 0 Å². The summed E-state index contributed by atoms with van der Waals surface area (Å²) < 4.78 is 0. The van der Waals surface area contributed by atoms with Crippen LogP contribution in [-0.4, -0.2) is 23.0 Å². The molecule has 0 unspecified atom stereocenters. The van der Waals surface area contributed by atoms with Gasteiger partial charge in [-0.05, 0) is 31.5 Å². The highest BCUT2D eigenvalue weighted by molar-refractivity contribution is 7.80. The van der Waals surface area contributed by atoms with Gasteiger partial charge in [-0.1, -0.05) is 24.0 Å². The van der Waals surface area contributed by atoms with Gasteiger partial charge in [0, 0.05) is 24.4 Å². The number of nitrogens with one attached hydrogen (secondary N) is 1. The van der Waals surface area contributed by atoms with E-state index in [4.69, 9.17) is 0 Å². The van der Waals surface area contributed by atoms with Gasteiger partial charge in [0.25, 0.3) is 0 Å². The SMILES string of the molecule is CC(C)(O)C#Cc1ccc(CNCCS)cc1. The van der Waals surface area contributed by atoms with Crippen LogP contribution in [0, 0.1) is 11.8 Å². The third-order valence-corrected chi connectivity index (χ3v) is 2.31. The second-order valence-electron chi connectivity index (χ2n) is 4.41. The fourth-order valence-electron chi connectivity index (χ4n) is 1.24. The van der Waals surface area contributed by atoms with E-state index >= 15 is 0 Å². The van der Waals surface area contributed by atoms with Crippen LogP contribution >= 0.6 is 12.6 Å². The predicted octanol–water partition coefficient (Wildman–Crippen LogP) is 1.83. The molecule has 0 aromatic heterocycles. The molecule has 0 saturated heterocycles. The monoisotopic (exact) mass is 249 g/mol. The van der Waals surface area contributed by atoms with Gasteiger partial charge >= 0.3 is 0 Å². The lowest BCUT2D eigenvalue weighted by Gasteiger charge is -2.06. The Balaban J connectivity index is 2.58. The number of benzene rings is 1. The molecule has 0 aliphatic rings. The summed E-state index contributed by atoms with van der Waals surface area (Å²) in [5, 5.41) is 12.8. The molecule has 0 atom stereocenters. The number of rotatable bonds is 4. The summed E-state index contributed by atoms with van der Waals surface area (Å²) in [5.41, 5.74) is 1.21. The van der Waals surface area contributed by atoms with E-state index in [1.165, 1.54) is 5.56 Å². The van der Waals surface area contributed by atoms with E-state index in [2.05, 4.69) is 29.8 Å². The van der Waals surface area contributed by atoms with E-state index in [0.717, 1.165) is 24.4 Å². The maximum atomic E-state index is 9.49. The molecule has 0 saturated carbocycles. The van der Waals surface area contributed by atoms with Crippen molar-refractivity contribution in [1.29, 1.82) is 0 Å². The van der Waals surface area contributed by atoms with Crippen LogP contribution in [0.25, 0.3) is 0 Å². The molecule has 0 aliphatic heterocycles. The first-order valence-corrected chi connectivity index (χ1v) is 6.30. The number of hydrogen-bond acceptors (Lipinski definition) is 3. The normalized spacial score (nSPS) is 10.8. The van der Waals surface area contributed by atoms with Crippen molar-refractivity contribution in [3.8, 4) is 11.8 Å². The van der Waals surface area contributed by atoms with Gasteiger partial charge in [0.05, 0.1) is 0 Å². The van der Waals surface area contributed by atoms with Crippen LogP contribution in [0.5, 0.6) is 0 Å². The quantitative estimate of drug-likeness (QED) is 0.432. The van der Waals surface area contributed by atoms with Crippen LogP contribution in [0.2, 0.25) is 0 Å². The summed E-state index contributed by atoms with van der Waals surface area (Å²) in [7, 11) is 0. The van der Waals surface area contributed by atoms with Crippen LogP contribution < -0.4 is 5.32 Å². The number of hydrogen-bond donors (Lipinski definition) is 3. The van der Waals surface area contributed by atoms with Gasteiger partial charge < -0.3 is 10.4 Å². The third-order valence-electron chi connectivity index (χ3n) is 2.08. The minimum atomic E-state index is -0.938. The molecular weight excluding hydrogens is 230 g/mol. The maximum absolute atomic E-state index is 9.49. The van der Waals surface area contributed by atoms with Crippen molar-refractivity contribution >= 4 is 12.6 Å².